The molecule has 0 atom stereocenters. The average Bonchev–Trinajstić information content (AvgIpc) is 3.30. The van der Waals surface area contributed by atoms with Crippen molar-refractivity contribution in [3.05, 3.63) is 99.9 Å². The highest BCUT2D eigenvalue weighted by Crippen LogP contribution is 2.18. The molecule has 8 heteroatoms. The van der Waals surface area contributed by atoms with Crippen molar-refractivity contribution < 1.29 is 18.5 Å². The van der Waals surface area contributed by atoms with Crippen LogP contribution in [0.3, 0.4) is 0 Å². The third kappa shape index (κ3) is 5.10. The number of aromatic nitrogens is 2. The van der Waals surface area contributed by atoms with Gasteiger partial charge in [0.05, 0.1) is 6.26 Å². The average molecular weight is 431 g/mol. The van der Waals surface area contributed by atoms with Gasteiger partial charge in [-0.3, -0.25) is 9.59 Å². The summed E-state index contributed by atoms with van der Waals surface area (Å²) in [6, 6.07) is 18.4. The van der Waals surface area contributed by atoms with Crippen molar-refractivity contribution in [3.63, 3.8) is 0 Å². The summed E-state index contributed by atoms with van der Waals surface area (Å²) >= 11 is 0. The molecule has 0 saturated heterocycles. The van der Waals surface area contributed by atoms with Gasteiger partial charge in [0, 0.05) is 18.2 Å². The standard InChI is InChI=1S/C24H21N3O5/c1-16-21(20(28)12-14-30-16)31-15-18-7-9-19(10-8-18)22-26-24(32-27-22)23(29)25-13-11-17-5-3-2-4-6-17/h2-10,12,14H,11,13,15H2,1H3,(H,25,29). The molecule has 0 spiro atoms. The molecule has 0 aliphatic heterocycles. The van der Waals surface area contributed by atoms with Crippen LogP contribution in [0.4, 0.5) is 0 Å². The van der Waals surface area contributed by atoms with Gasteiger partial charge in [-0.15, -0.1) is 0 Å². The Labute approximate surface area is 183 Å². The highest BCUT2D eigenvalue weighted by Gasteiger charge is 2.16. The molecule has 8 nitrogen and oxygen atoms in total. The molecule has 0 unspecified atom stereocenters. The van der Waals surface area contributed by atoms with E-state index in [-0.39, 0.29) is 23.7 Å². The summed E-state index contributed by atoms with van der Waals surface area (Å²) in [5, 5.41) is 6.67. The molecule has 1 amide bonds. The zero-order chi connectivity index (χ0) is 22.3. The van der Waals surface area contributed by atoms with Crippen LogP contribution < -0.4 is 15.5 Å². The predicted octanol–water partition coefficient (Wildman–Crippen LogP) is 3.55. The summed E-state index contributed by atoms with van der Waals surface area (Å²) in [6.45, 7) is 2.34. The number of aryl methyl sites for hydroxylation is 1. The van der Waals surface area contributed by atoms with Crippen LogP contribution in [0.5, 0.6) is 5.75 Å². The molecule has 0 saturated carbocycles. The zero-order valence-electron chi connectivity index (χ0n) is 17.4. The second-order valence-electron chi connectivity index (χ2n) is 7.07. The van der Waals surface area contributed by atoms with Gasteiger partial charge in [0.2, 0.25) is 17.0 Å². The van der Waals surface area contributed by atoms with E-state index in [1.165, 1.54) is 12.3 Å². The van der Waals surface area contributed by atoms with Gasteiger partial charge in [0.25, 0.3) is 0 Å². The molecule has 32 heavy (non-hydrogen) atoms. The van der Waals surface area contributed by atoms with E-state index in [1.54, 1.807) is 19.1 Å². The van der Waals surface area contributed by atoms with Crippen LogP contribution in [0.15, 0.2) is 80.7 Å². The Morgan fingerprint density at radius 3 is 2.56 bits per heavy atom. The summed E-state index contributed by atoms with van der Waals surface area (Å²) in [7, 11) is 0. The molecule has 2 aromatic heterocycles. The molecule has 0 radical (unpaired) electrons. The minimum Gasteiger partial charge on any atom is -0.482 e. The second-order valence-corrected chi connectivity index (χ2v) is 7.07. The minimum absolute atomic E-state index is 0.0910. The fourth-order valence-electron chi connectivity index (χ4n) is 3.05. The van der Waals surface area contributed by atoms with Crippen molar-refractivity contribution in [1.29, 1.82) is 0 Å². The molecule has 4 aromatic rings. The fourth-order valence-corrected chi connectivity index (χ4v) is 3.05. The van der Waals surface area contributed by atoms with E-state index >= 15 is 0 Å². The van der Waals surface area contributed by atoms with Gasteiger partial charge >= 0.3 is 11.8 Å². The van der Waals surface area contributed by atoms with Crippen molar-refractivity contribution in [1.82, 2.24) is 15.5 Å². The first-order chi connectivity index (χ1) is 15.6. The molecule has 0 aliphatic carbocycles. The Kier molecular flexibility index (Phi) is 6.41. The van der Waals surface area contributed by atoms with Crippen LogP contribution >= 0.6 is 0 Å². The van der Waals surface area contributed by atoms with Crippen molar-refractivity contribution >= 4 is 5.91 Å². The maximum atomic E-state index is 12.3. The molecule has 0 aliphatic rings. The number of nitrogens with zero attached hydrogens (tertiary/aromatic N) is 2. The summed E-state index contributed by atoms with van der Waals surface area (Å²) < 4.78 is 15.9. The van der Waals surface area contributed by atoms with Crippen LogP contribution in [0.2, 0.25) is 0 Å². The molecular formula is C24H21N3O5. The first-order valence-corrected chi connectivity index (χ1v) is 10.1. The van der Waals surface area contributed by atoms with Crippen molar-refractivity contribution in [3.8, 4) is 17.1 Å². The topological polar surface area (TPSA) is 107 Å². The molecule has 2 aromatic carbocycles. The molecule has 0 fully saturated rings. The van der Waals surface area contributed by atoms with Crippen molar-refractivity contribution in [2.75, 3.05) is 6.54 Å². The highest BCUT2D eigenvalue weighted by molar-refractivity contribution is 5.89. The van der Waals surface area contributed by atoms with E-state index in [2.05, 4.69) is 15.5 Å². The van der Waals surface area contributed by atoms with E-state index in [4.69, 9.17) is 13.7 Å². The first-order valence-electron chi connectivity index (χ1n) is 10.1. The molecule has 1 N–H and O–H groups in total. The Morgan fingerprint density at radius 2 is 1.81 bits per heavy atom. The fraction of sp³-hybridized carbons (Fsp3) is 0.167. The third-order valence-electron chi connectivity index (χ3n) is 4.77. The lowest BCUT2D eigenvalue weighted by atomic mass is 10.1. The molecule has 162 valence electrons. The number of carbonyl (C=O) groups excluding carboxylic acids is 1. The largest absolute Gasteiger partial charge is 0.482 e. The number of carbonyl (C=O) groups is 1. The van der Waals surface area contributed by atoms with Crippen LogP contribution in [-0.2, 0) is 13.0 Å². The van der Waals surface area contributed by atoms with Crippen molar-refractivity contribution in [2.45, 2.75) is 20.0 Å². The second kappa shape index (κ2) is 9.74. The lowest BCUT2D eigenvalue weighted by Gasteiger charge is -2.07. The van der Waals surface area contributed by atoms with E-state index < -0.39 is 5.91 Å². The van der Waals surface area contributed by atoms with Crippen LogP contribution in [0.25, 0.3) is 11.4 Å². The smallest absolute Gasteiger partial charge is 0.316 e. The zero-order valence-corrected chi connectivity index (χ0v) is 17.4. The Morgan fingerprint density at radius 1 is 1.03 bits per heavy atom. The van der Waals surface area contributed by atoms with Gasteiger partial charge in [-0.1, -0.05) is 59.8 Å². The summed E-state index contributed by atoms with van der Waals surface area (Å²) in [6.07, 6.45) is 2.05. The van der Waals surface area contributed by atoms with E-state index in [9.17, 15) is 9.59 Å². The van der Waals surface area contributed by atoms with Crippen LogP contribution in [0, 0.1) is 6.92 Å². The lowest BCUT2D eigenvalue weighted by Crippen LogP contribution is -2.25. The van der Waals surface area contributed by atoms with Gasteiger partial charge in [-0.25, -0.2) is 0 Å². The van der Waals surface area contributed by atoms with Crippen LogP contribution in [-0.4, -0.2) is 22.6 Å². The van der Waals surface area contributed by atoms with Gasteiger partial charge in [-0.05, 0) is 24.5 Å². The third-order valence-corrected chi connectivity index (χ3v) is 4.77. The molecule has 4 rings (SSSR count). The lowest BCUT2D eigenvalue weighted by molar-refractivity contribution is 0.0910. The number of hydrogen-bond acceptors (Lipinski definition) is 7. The summed E-state index contributed by atoms with van der Waals surface area (Å²) in [4.78, 5) is 28.3. The Hall–Kier alpha value is -4.20. The van der Waals surface area contributed by atoms with Crippen LogP contribution in [0.1, 0.15) is 27.6 Å². The predicted molar refractivity (Wildman–Crippen MR) is 116 cm³/mol. The number of rotatable bonds is 8. The number of ether oxygens (including phenoxy) is 1. The molecule has 2 heterocycles. The molecule has 0 bridgehead atoms. The number of nitrogens with one attached hydrogen (secondary N) is 1. The number of hydrogen-bond donors (Lipinski definition) is 1. The number of amides is 1. The van der Waals surface area contributed by atoms with E-state index in [0.717, 1.165) is 11.1 Å². The van der Waals surface area contributed by atoms with Gasteiger partial charge in [-0.2, -0.15) is 4.98 Å². The van der Waals surface area contributed by atoms with Gasteiger partial charge < -0.3 is 19.0 Å². The maximum Gasteiger partial charge on any atom is 0.316 e. The molecular weight excluding hydrogens is 410 g/mol. The normalized spacial score (nSPS) is 10.7. The van der Waals surface area contributed by atoms with Crippen molar-refractivity contribution in [2.24, 2.45) is 0 Å². The summed E-state index contributed by atoms with van der Waals surface area (Å²) in [5.74, 6) is 0.423. The maximum absolute atomic E-state index is 12.3. The van der Waals surface area contributed by atoms with Gasteiger partial charge in [0.15, 0.2) is 0 Å². The summed E-state index contributed by atoms with van der Waals surface area (Å²) in [5.41, 5.74) is 2.44. The van der Waals surface area contributed by atoms with Gasteiger partial charge in [0.1, 0.15) is 12.4 Å². The highest BCUT2D eigenvalue weighted by atomic mass is 16.5. The van der Waals surface area contributed by atoms with E-state index in [0.29, 0.717) is 30.1 Å². The minimum atomic E-state index is -0.415. The Balaban J connectivity index is 1.33. The monoisotopic (exact) mass is 431 g/mol. The SMILES string of the molecule is Cc1occc(=O)c1OCc1ccc(-c2noc(C(=O)NCCc3ccccc3)n2)cc1. The number of benzene rings is 2. The van der Waals surface area contributed by atoms with E-state index in [1.807, 2.05) is 42.5 Å². The Bertz CT molecular complexity index is 1250. The quantitative estimate of drug-likeness (QED) is 0.455. The first kappa shape index (κ1) is 21.0.